The van der Waals surface area contributed by atoms with Crippen LogP contribution in [0.1, 0.15) is 37.7 Å². The van der Waals surface area contributed by atoms with Crippen LogP contribution in [0.25, 0.3) is 0 Å². The van der Waals surface area contributed by atoms with Crippen LogP contribution in [-0.4, -0.2) is 6.04 Å². The first-order valence-corrected chi connectivity index (χ1v) is 6.75. The third-order valence-corrected chi connectivity index (χ3v) is 3.78. The second-order valence-electron chi connectivity index (χ2n) is 4.37. The van der Waals surface area contributed by atoms with Crippen molar-refractivity contribution >= 4 is 11.3 Å². The maximum absolute atomic E-state index is 6.00. The Bertz CT molecular complexity index is 313. The van der Waals surface area contributed by atoms with Gasteiger partial charge >= 0.3 is 0 Å². The number of hydrogen-bond acceptors (Lipinski definition) is 2. The van der Waals surface area contributed by atoms with Crippen LogP contribution in [-0.2, 0) is 6.42 Å². The van der Waals surface area contributed by atoms with Gasteiger partial charge in [-0.2, -0.15) is 11.3 Å². The molecule has 2 rings (SSSR count). The van der Waals surface area contributed by atoms with Crippen LogP contribution in [0.4, 0.5) is 0 Å². The molecule has 1 nitrogen and oxygen atoms in total. The molecule has 15 heavy (non-hydrogen) atoms. The molecule has 1 aromatic rings. The second-order valence-corrected chi connectivity index (χ2v) is 5.15. The maximum Gasteiger partial charge on any atom is 0.0226 e. The number of hydrogen-bond donors (Lipinski definition) is 1. The molecule has 1 aliphatic carbocycles. The average molecular weight is 221 g/mol. The summed E-state index contributed by atoms with van der Waals surface area (Å²) in [6, 6.07) is 2.53. The predicted octanol–water partition coefficient (Wildman–Crippen LogP) is 3.51. The summed E-state index contributed by atoms with van der Waals surface area (Å²) in [5.41, 5.74) is 9.05. The van der Waals surface area contributed by atoms with E-state index < -0.39 is 0 Å². The highest BCUT2D eigenvalue weighted by molar-refractivity contribution is 7.07. The summed E-state index contributed by atoms with van der Waals surface area (Å²) in [4.78, 5) is 0. The van der Waals surface area contributed by atoms with Gasteiger partial charge in [0.1, 0.15) is 0 Å². The third-order valence-electron chi connectivity index (χ3n) is 3.05. The summed E-state index contributed by atoms with van der Waals surface area (Å²) >= 11 is 1.79. The molecule has 0 aliphatic heterocycles. The quantitative estimate of drug-likeness (QED) is 0.777. The fourth-order valence-corrected chi connectivity index (χ4v) is 2.85. The maximum atomic E-state index is 6.00. The molecule has 2 heteroatoms. The number of aryl methyl sites for hydroxylation is 1. The number of nitrogens with two attached hydrogens (primary N) is 1. The van der Waals surface area contributed by atoms with Gasteiger partial charge in [-0.3, -0.25) is 0 Å². The lowest BCUT2D eigenvalue weighted by Gasteiger charge is -2.05. The zero-order chi connectivity index (χ0) is 10.5. The molecule has 1 unspecified atom stereocenters. The molecule has 0 amide bonds. The highest BCUT2D eigenvalue weighted by atomic mass is 32.1. The summed E-state index contributed by atoms with van der Waals surface area (Å²) in [7, 11) is 0. The van der Waals surface area contributed by atoms with Gasteiger partial charge in [-0.15, -0.1) is 0 Å². The van der Waals surface area contributed by atoms with E-state index in [1.807, 2.05) is 0 Å². The Kier molecular flexibility index (Phi) is 3.98. The van der Waals surface area contributed by atoms with E-state index in [1.54, 1.807) is 16.9 Å². The lowest BCUT2D eigenvalue weighted by atomic mass is 10.0. The van der Waals surface area contributed by atoms with Gasteiger partial charge in [0, 0.05) is 6.04 Å². The topological polar surface area (TPSA) is 26.0 Å². The summed E-state index contributed by atoms with van der Waals surface area (Å²) < 4.78 is 0. The van der Waals surface area contributed by atoms with Crippen molar-refractivity contribution in [2.75, 3.05) is 0 Å². The number of rotatable bonds is 3. The van der Waals surface area contributed by atoms with Crippen LogP contribution in [0, 0.1) is 0 Å². The molecule has 82 valence electrons. The fraction of sp³-hybridized carbons (Fsp3) is 0.538. The van der Waals surface area contributed by atoms with Crippen molar-refractivity contribution < 1.29 is 0 Å². The highest BCUT2D eigenvalue weighted by Crippen LogP contribution is 2.21. The van der Waals surface area contributed by atoms with Gasteiger partial charge in [0.05, 0.1) is 0 Å². The first-order valence-electron chi connectivity index (χ1n) is 5.81. The standard InChI is InChI=1S/C13H19NS/c14-13-4-2-1-3-11(9-13)5-6-12-7-8-15-10-12/h7-10,13H,1-6,14H2. The van der Waals surface area contributed by atoms with Crippen molar-refractivity contribution in [2.24, 2.45) is 5.73 Å². The Morgan fingerprint density at radius 3 is 3.07 bits per heavy atom. The largest absolute Gasteiger partial charge is 0.324 e. The van der Waals surface area contributed by atoms with Crippen LogP contribution in [0.3, 0.4) is 0 Å². The van der Waals surface area contributed by atoms with Gasteiger partial charge in [0.15, 0.2) is 0 Å². The molecule has 1 heterocycles. The van der Waals surface area contributed by atoms with E-state index in [1.165, 1.54) is 44.1 Å². The van der Waals surface area contributed by atoms with Gasteiger partial charge in [-0.1, -0.05) is 18.1 Å². The smallest absolute Gasteiger partial charge is 0.0226 e. The van der Waals surface area contributed by atoms with E-state index >= 15 is 0 Å². The molecule has 2 N–H and O–H groups in total. The Labute approximate surface area is 96.0 Å². The summed E-state index contributed by atoms with van der Waals surface area (Å²) in [6.45, 7) is 0. The normalized spacial score (nSPS) is 22.2. The van der Waals surface area contributed by atoms with E-state index in [9.17, 15) is 0 Å². The SMILES string of the molecule is NC1C=C(CCc2ccsc2)CCCC1. The van der Waals surface area contributed by atoms with Gasteiger partial charge < -0.3 is 5.73 Å². The van der Waals surface area contributed by atoms with E-state index in [2.05, 4.69) is 22.9 Å². The van der Waals surface area contributed by atoms with Crippen molar-refractivity contribution in [3.8, 4) is 0 Å². The van der Waals surface area contributed by atoms with Crippen LogP contribution < -0.4 is 5.73 Å². The van der Waals surface area contributed by atoms with Gasteiger partial charge in [-0.05, 0) is 54.5 Å². The molecule has 0 radical (unpaired) electrons. The minimum Gasteiger partial charge on any atom is -0.324 e. The molecule has 1 atom stereocenters. The first-order chi connectivity index (χ1) is 7.34. The lowest BCUT2D eigenvalue weighted by Crippen LogP contribution is -2.15. The molecular weight excluding hydrogens is 202 g/mol. The van der Waals surface area contributed by atoms with Crippen LogP contribution in [0.2, 0.25) is 0 Å². The van der Waals surface area contributed by atoms with E-state index in [-0.39, 0.29) is 0 Å². The number of allylic oxidation sites excluding steroid dienone is 1. The van der Waals surface area contributed by atoms with Crippen LogP contribution in [0.5, 0.6) is 0 Å². The monoisotopic (exact) mass is 221 g/mol. The van der Waals surface area contributed by atoms with Crippen LogP contribution >= 0.6 is 11.3 Å². The van der Waals surface area contributed by atoms with Crippen molar-refractivity contribution in [3.63, 3.8) is 0 Å². The van der Waals surface area contributed by atoms with Crippen molar-refractivity contribution in [1.29, 1.82) is 0 Å². The van der Waals surface area contributed by atoms with Crippen LogP contribution in [0.15, 0.2) is 28.5 Å². The summed E-state index contributed by atoms with van der Waals surface area (Å²) in [5.74, 6) is 0. The molecule has 0 fully saturated rings. The van der Waals surface area contributed by atoms with Gasteiger partial charge in [0.2, 0.25) is 0 Å². The second kappa shape index (κ2) is 5.47. The Hall–Kier alpha value is -0.600. The van der Waals surface area contributed by atoms with Crippen molar-refractivity contribution in [2.45, 2.75) is 44.6 Å². The summed E-state index contributed by atoms with van der Waals surface area (Å²) in [6.07, 6.45) is 9.73. The van der Waals surface area contributed by atoms with E-state index in [0.717, 1.165) is 0 Å². The first kappa shape index (κ1) is 10.9. The lowest BCUT2D eigenvalue weighted by molar-refractivity contribution is 0.653. The predicted molar refractivity (Wildman–Crippen MR) is 67.2 cm³/mol. The van der Waals surface area contributed by atoms with E-state index in [0.29, 0.717) is 6.04 Å². The molecule has 0 bridgehead atoms. The molecular formula is C13H19NS. The van der Waals surface area contributed by atoms with E-state index in [4.69, 9.17) is 5.73 Å². The van der Waals surface area contributed by atoms with Crippen molar-refractivity contribution in [3.05, 3.63) is 34.0 Å². The molecule has 0 aromatic carbocycles. The van der Waals surface area contributed by atoms with Gasteiger partial charge in [0.25, 0.3) is 0 Å². The molecule has 1 aromatic heterocycles. The minimum atomic E-state index is 0.310. The summed E-state index contributed by atoms with van der Waals surface area (Å²) in [5, 5.41) is 4.40. The molecule has 0 spiro atoms. The van der Waals surface area contributed by atoms with Crippen molar-refractivity contribution in [1.82, 2.24) is 0 Å². The van der Waals surface area contributed by atoms with Gasteiger partial charge in [-0.25, -0.2) is 0 Å². The Morgan fingerprint density at radius 2 is 2.27 bits per heavy atom. The molecule has 1 aliphatic rings. The average Bonchev–Trinajstić information content (AvgIpc) is 2.65. The fourth-order valence-electron chi connectivity index (χ4n) is 2.15. The molecule has 0 saturated carbocycles. The third kappa shape index (κ3) is 3.47. The zero-order valence-corrected chi connectivity index (χ0v) is 9.93. The number of thiophene rings is 1. The molecule has 0 saturated heterocycles. The zero-order valence-electron chi connectivity index (χ0n) is 9.11. The Balaban J connectivity index is 1.87. The Morgan fingerprint density at radius 1 is 1.33 bits per heavy atom. The minimum absolute atomic E-state index is 0.310. The highest BCUT2D eigenvalue weighted by Gasteiger charge is 2.08.